The first kappa shape index (κ1) is 13.5. The normalized spacial score (nSPS) is 42.3. The third kappa shape index (κ3) is 2.32. The molecule has 5 atom stereocenters. The summed E-state index contributed by atoms with van der Waals surface area (Å²) in [4.78, 5) is 0. The second-order valence-corrected chi connectivity index (χ2v) is 7.73. The van der Waals surface area contributed by atoms with Gasteiger partial charge in [0.15, 0.2) is 0 Å². The van der Waals surface area contributed by atoms with E-state index in [0.29, 0.717) is 0 Å². The number of allylic oxidation sites excluding steroid dienone is 4. The van der Waals surface area contributed by atoms with E-state index in [9.17, 15) is 0 Å². The molecule has 3 aliphatic carbocycles. The number of fused-ring (bicyclic) bond motifs is 3. The number of hydrogen-bond acceptors (Lipinski definition) is 0. The van der Waals surface area contributed by atoms with Crippen LogP contribution in [0.5, 0.6) is 0 Å². The first-order valence-electron chi connectivity index (χ1n) is 8.48. The molecule has 0 bridgehead atoms. The van der Waals surface area contributed by atoms with E-state index in [1.54, 1.807) is 11.1 Å². The first-order valence-corrected chi connectivity index (χ1v) is 8.48. The summed E-state index contributed by atoms with van der Waals surface area (Å²) in [7, 11) is 0. The van der Waals surface area contributed by atoms with Crippen molar-refractivity contribution in [1.29, 1.82) is 0 Å². The van der Waals surface area contributed by atoms with Crippen LogP contribution in [-0.2, 0) is 0 Å². The Kier molecular flexibility index (Phi) is 3.62. The van der Waals surface area contributed by atoms with Crippen LogP contribution in [0.2, 0.25) is 0 Å². The summed E-state index contributed by atoms with van der Waals surface area (Å²) in [6.07, 6.45) is 12.2. The SMILES string of the molecule is CC(C)C1=CC2=CC[C@@H]3C(C)CC[C@H](C)[C@H]3[C@H]2CC1. The van der Waals surface area contributed by atoms with Crippen LogP contribution < -0.4 is 0 Å². The molecule has 1 unspecified atom stereocenters. The van der Waals surface area contributed by atoms with Crippen LogP contribution >= 0.6 is 0 Å². The molecule has 0 nitrogen and oxygen atoms in total. The van der Waals surface area contributed by atoms with Crippen LogP contribution in [-0.4, -0.2) is 0 Å². The maximum Gasteiger partial charge on any atom is -0.0128 e. The highest BCUT2D eigenvalue weighted by molar-refractivity contribution is 5.33. The van der Waals surface area contributed by atoms with Gasteiger partial charge >= 0.3 is 0 Å². The standard InChI is InChI=1S/C19H30/c1-12(2)15-7-10-18-16(11-15)8-9-17-13(3)5-6-14(4)19(17)18/h8,11-14,17-19H,5-7,9-10H2,1-4H3/t13?,14-,17+,18-,19+/m0/s1. The van der Waals surface area contributed by atoms with Gasteiger partial charge in [-0.05, 0) is 60.3 Å². The molecule has 0 radical (unpaired) electrons. The zero-order valence-electron chi connectivity index (χ0n) is 13.2. The van der Waals surface area contributed by atoms with Gasteiger partial charge in [-0.1, -0.05) is 58.3 Å². The van der Waals surface area contributed by atoms with Crippen molar-refractivity contribution in [3.8, 4) is 0 Å². The topological polar surface area (TPSA) is 0 Å². The molecule has 106 valence electrons. The van der Waals surface area contributed by atoms with Crippen molar-refractivity contribution in [2.75, 3.05) is 0 Å². The lowest BCUT2D eigenvalue weighted by molar-refractivity contribution is 0.0599. The van der Waals surface area contributed by atoms with Crippen LogP contribution in [0, 0.1) is 35.5 Å². The monoisotopic (exact) mass is 258 g/mol. The summed E-state index contributed by atoms with van der Waals surface area (Å²) in [5.41, 5.74) is 3.40. The van der Waals surface area contributed by atoms with Gasteiger partial charge in [-0.3, -0.25) is 0 Å². The van der Waals surface area contributed by atoms with Crippen LogP contribution in [0.3, 0.4) is 0 Å². The van der Waals surface area contributed by atoms with E-state index in [4.69, 9.17) is 0 Å². The van der Waals surface area contributed by atoms with Gasteiger partial charge in [-0.15, -0.1) is 0 Å². The Morgan fingerprint density at radius 3 is 2.53 bits per heavy atom. The fourth-order valence-corrected chi connectivity index (χ4v) is 5.05. The molecule has 0 saturated heterocycles. The lowest BCUT2D eigenvalue weighted by Gasteiger charge is -2.49. The Morgan fingerprint density at radius 2 is 1.79 bits per heavy atom. The molecule has 1 fully saturated rings. The molecule has 0 aliphatic heterocycles. The molecular weight excluding hydrogens is 228 g/mol. The van der Waals surface area contributed by atoms with Gasteiger partial charge in [0.2, 0.25) is 0 Å². The maximum atomic E-state index is 2.60. The average Bonchev–Trinajstić information content (AvgIpc) is 2.41. The van der Waals surface area contributed by atoms with Crippen molar-refractivity contribution < 1.29 is 0 Å². The van der Waals surface area contributed by atoms with E-state index in [2.05, 4.69) is 39.8 Å². The molecule has 0 aromatic rings. The van der Waals surface area contributed by atoms with Gasteiger partial charge in [0.25, 0.3) is 0 Å². The molecule has 0 amide bonds. The Labute approximate surface area is 119 Å². The van der Waals surface area contributed by atoms with Gasteiger partial charge < -0.3 is 0 Å². The van der Waals surface area contributed by atoms with E-state index in [0.717, 1.165) is 35.5 Å². The van der Waals surface area contributed by atoms with Crippen molar-refractivity contribution in [2.45, 2.75) is 59.8 Å². The van der Waals surface area contributed by atoms with Crippen molar-refractivity contribution in [3.63, 3.8) is 0 Å². The van der Waals surface area contributed by atoms with E-state index >= 15 is 0 Å². The van der Waals surface area contributed by atoms with E-state index in [-0.39, 0.29) is 0 Å². The zero-order chi connectivity index (χ0) is 13.6. The molecule has 3 aliphatic rings. The molecule has 0 spiro atoms. The summed E-state index contributed by atoms with van der Waals surface area (Å²) in [6.45, 7) is 9.72. The summed E-state index contributed by atoms with van der Waals surface area (Å²) in [6, 6.07) is 0. The maximum absolute atomic E-state index is 2.60. The summed E-state index contributed by atoms with van der Waals surface area (Å²) < 4.78 is 0. The summed E-state index contributed by atoms with van der Waals surface area (Å²) in [5.74, 6) is 5.49. The van der Waals surface area contributed by atoms with Gasteiger partial charge in [0.1, 0.15) is 0 Å². The third-order valence-electron chi connectivity index (χ3n) is 6.32. The van der Waals surface area contributed by atoms with Gasteiger partial charge in [-0.25, -0.2) is 0 Å². The van der Waals surface area contributed by atoms with E-state index < -0.39 is 0 Å². The van der Waals surface area contributed by atoms with E-state index in [1.807, 2.05) is 0 Å². The van der Waals surface area contributed by atoms with Gasteiger partial charge in [0, 0.05) is 0 Å². The number of rotatable bonds is 1. The first-order chi connectivity index (χ1) is 9.08. The molecule has 19 heavy (non-hydrogen) atoms. The summed E-state index contributed by atoms with van der Waals surface area (Å²) in [5, 5.41) is 0. The van der Waals surface area contributed by atoms with Crippen molar-refractivity contribution >= 4 is 0 Å². The largest absolute Gasteiger partial charge is 0.0807 e. The quantitative estimate of drug-likeness (QED) is 0.573. The van der Waals surface area contributed by atoms with Crippen LogP contribution in [0.1, 0.15) is 59.8 Å². The second kappa shape index (κ2) is 5.11. The van der Waals surface area contributed by atoms with Gasteiger partial charge in [-0.2, -0.15) is 0 Å². The minimum absolute atomic E-state index is 0.738. The lowest BCUT2D eigenvalue weighted by Crippen LogP contribution is -2.40. The predicted octanol–water partition coefficient (Wildman–Crippen LogP) is 5.61. The molecule has 0 aromatic heterocycles. The number of hydrogen-bond donors (Lipinski definition) is 0. The zero-order valence-corrected chi connectivity index (χ0v) is 13.2. The molecule has 0 aromatic carbocycles. The van der Waals surface area contributed by atoms with Crippen LogP contribution in [0.4, 0.5) is 0 Å². The predicted molar refractivity (Wildman–Crippen MR) is 82.9 cm³/mol. The fraction of sp³-hybridized carbons (Fsp3) is 0.789. The smallest absolute Gasteiger partial charge is 0.0128 e. The van der Waals surface area contributed by atoms with Crippen molar-refractivity contribution in [1.82, 2.24) is 0 Å². The van der Waals surface area contributed by atoms with Gasteiger partial charge in [0.05, 0.1) is 0 Å². The fourth-order valence-electron chi connectivity index (χ4n) is 5.05. The lowest BCUT2D eigenvalue weighted by atomic mass is 9.56. The highest BCUT2D eigenvalue weighted by Crippen LogP contribution is 2.52. The van der Waals surface area contributed by atoms with Crippen molar-refractivity contribution in [3.05, 3.63) is 23.3 Å². The molecular formula is C19H30. The Morgan fingerprint density at radius 1 is 1.05 bits per heavy atom. The molecule has 3 rings (SSSR count). The Bertz CT molecular complexity index is 398. The second-order valence-electron chi connectivity index (χ2n) is 7.73. The third-order valence-corrected chi connectivity index (χ3v) is 6.32. The molecule has 0 N–H and O–H groups in total. The molecule has 0 heteroatoms. The minimum atomic E-state index is 0.738. The molecule has 1 saturated carbocycles. The highest BCUT2D eigenvalue weighted by Gasteiger charge is 2.43. The summed E-state index contributed by atoms with van der Waals surface area (Å²) >= 11 is 0. The van der Waals surface area contributed by atoms with Crippen LogP contribution in [0.25, 0.3) is 0 Å². The highest BCUT2D eigenvalue weighted by atomic mass is 14.5. The Hall–Kier alpha value is -0.520. The van der Waals surface area contributed by atoms with Crippen molar-refractivity contribution in [2.24, 2.45) is 35.5 Å². The Balaban J connectivity index is 1.89. The van der Waals surface area contributed by atoms with Crippen LogP contribution in [0.15, 0.2) is 23.3 Å². The van der Waals surface area contributed by atoms with E-state index in [1.165, 1.54) is 32.1 Å². The average molecular weight is 258 g/mol. The minimum Gasteiger partial charge on any atom is -0.0807 e. The molecule has 0 heterocycles.